The molecule has 1 aliphatic heterocycles. The third-order valence-electron chi connectivity index (χ3n) is 4.10. The number of halogens is 1. The molecule has 0 saturated carbocycles. The molecule has 0 atom stereocenters. The second-order valence-electron chi connectivity index (χ2n) is 5.91. The number of morpholine rings is 1. The van der Waals surface area contributed by atoms with Crippen molar-refractivity contribution in [3.8, 4) is 11.5 Å². The van der Waals surface area contributed by atoms with Gasteiger partial charge in [0.05, 0.1) is 19.8 Å². The van der Waals surface area contributed by atoms with Crippen molar-refractivity contribution in [1.29, 1.82) is 0 Å². The molecular weight excluding hydrogens is 354 g/mol. The van der Waals surface area contributed by atoms with Crippen LogP contribution in [0.25, 0.3) is 0 Å². The summed E-state index contributed by atoms with van der Waals surface area (Å²) < 4.78 is 16.8. The van der Waals surface area contributed by atoms with Crippen LogP contribution in [-0.4, -0.2) is 43.7 Å². The van der Waals surface area contributed by atoms with E-state index in [-0.39, 0.29) is 5.91 Å². The molecule has 0 N–H and O–H groups in total. The van der Waals surface area contributed by atoms with E-state index in [0.29, 0.717) is 61.6 Å². The lowest BCUT2D eigenvalue weighted by molar-refractivity contribution is 0.0302. The molecule has 1 aliphatic rings. The minimum Gasteiger partial charge on any atom is -0.493 e. The third kappa shape index (κ3) is 4.68. The highest BCUT2D eigenvalue weighted by atomic mass is 35.5. The molecule has 1 heterocycles. The number of rotatable bonds is 6. The zero-order valence-corrected chi connectivity index (χ0v) is 15.5. The fourth-order valence-electron chi connectivity index (χ4n) is 2.79. The third-order valence-corrected chi connectivity index (χ3v) is 4.33. The Morgan fingerprint density at radius 1 is 1.15 bits per heavy atom. The van der Waals surface area contributed by atoms with E-state index in [4.69, 9.17) is 25.8 Å². The first-order valence-electron chi connectivity index (χ1n) is 8.68. The highest BCUT2D eigenvalue weighted by Crippen LogP contribution is 2.25. The smallest absolute Gasteiger partial charge is 0.254 e. The number of carbonyl (C=O) groups is 1. The van der Waals surface area contributed by atoms with Crippen molar-refractivity contribution in [3.05, 3.63) is 58.6 Å². The molecule has 2 aromatic carbocycles. The fourth-order valence-corrected chi connectivity index (χ4v) is 2.97. The van der Waals surface area contributed by atoms with E-state index in [0.717, 1.165) is 5.56 Å². The van der Waals surface area contributed by atoms with E-state index in [1.807, 2.05) is 31.2 Å². The fraction of sp³-hybridized carbons (Fsp3) is 0.350. The average molecular weight is 376 g/mol. The second kappa shape index (κ2) is 8.92. The first-order valence-corrected chi connectivity index (χ1v) is 9.06. The van der Waals surface area contributed by atoms with Crippen LogP contribution in [0.2, 0.25) is 5.02 Å². The summed E-state index contributed by atoms with van der Waals surface area (Å²) in [4.78, 5) is 14.5. The number of hydrogen-bond acceptors (Lipinski definition) is 4. The monoisotopic (exact) mass is 375 g/mol. The second-order valence-corrected chi connectivity index (χ2v) is 6.34. The van der Waals surface area contributed by atoms with Gasteiger partial charge in [0, 0.05) is 29.2 Å². The molecule has 1 saturated heterocycles. The van der Waals surface area contributed by atoms with Crippen LogP contribution in [0.5, 0.6) is 11.5 Å². The summed E-state index contributed by atoms with van der Waals surface area (Å²) in [5.74, 6) is 1.39. The largest absolute Gasteiger partial charge is 0.493 e. The van der Waals surface area contributed by atoms with Crippen molar-refractivity contribution >= 4 is 17.5 Å². The summed E-state index contributed by atoms with van der Waals surface area (Å²) in [5.41, 5.74) is 1.45. The van der Waals surface area contributed by atoms with Crippen LogP contribution in [0.3, 0.4) is 0 Å². The topological polar surface area (TPSA) is 48.0 Å². The van der Waals surface area contributed by atoms with Gasteiger partial charge in [0.15, 0.2) is 0 Å². The maximum absolute atomic E-state index is 12.7. The lowest BCUT2D eigenvalue weighted by Gasteiger charge is -2.27. The van der Waals surface area contributed by atoms with Crippen LogP contribution in [0.15, 0.2) is 42.5 Å². The van der Waals surface area contributed by atoms with E-state index in [1.165, 1.54) is 0 Å². The Hall–Kier alpha value is -2.24. The molecule has 0 radical (unpaired) electrons. The quantitative estimate of drug-likeness (QED) is 0.770. The van der Waals surface area contributed by atoms with Gasteiger partial charge in [-0.15, -0.1) is 0 Å². The highest BCUT2D eigenvalue weighted by molar-refractivity contribution is 6.30. The number of amides is 1. The molecule has 0 spiro atoms. The molecule has 0 aliphatic carbocycles. The number of hydrogen-bond donors (Lipinski definition) is 0. The summed E-state index contributed by atoms with van der Waals surface area (Å²) in [7, 11) is 0. The van der Waals surface area contributed by atoms with E-state index >= 15 is 0 Å². The van der Waals surface area contributed by atoms with Crippen LogP contribution >= 0.6 is 11.6 Å². The summed E-state index contributed by atoms with van der Waals surface area (Å²) in [6.45, 7) is 5.14. The number of carbonyl (C=O) groups excluding carboxylic acids is 1. The van der Waals surface area contributed by atoms with E-state index < -0.39 is 0 Å². The number of nitrogens with zero attached hydrogens (tertiary/aromatic N) is 1. The lowest BCUT2D eigenvalue weighted by atomic mass is 10.1. The number of ether oxygens (including phenoxy) is 3. The van der Waals surface area contributed by atoms with Gasteiger partial charge in [-0.1, -0.05) is 17.7 Å². The van der Waals surface area contributed by atoms with Gasteiger partial charge in [0.25, 0.3) is 5.91 Å². The molecule has 138 valence electrons. The maximum Gasteiger partial charge on any atom is 0.254 e. The minimum absolute atomic E-state index is 0.000328. The van der Waals surface area contributed by atoms with Crippen molar-refractivity contribution in [2.75, 3.05) is 32.9 Å². The maximum atomic E-state index is 12.7. The Morgan fingerprint density at radius 3 is 2.69 bits per heavy atom. The predicted octanol–water partition coefficient (Wildman–Crippen LogP) is 3.79. The SMILES string of the molecule is CCOc1ccc(C(=O)N2CCOCC2)cc1COc1cccc(Cl)c1. The normalized spacial score (nSPS) is 14.2. The standard InChI is InChI=1S/C20H22ClNO4/c1-2-25-19-7-6-15(20(23)22-8-10-24-11-9-22)12-16(19)14-26-18-5-3-4-17(21)13-18/h3-7,12-13H,2,8-11,14H2,1H3. The zero-order valence-electron chi connectivity index (χ0n) is 14.7. The molecule has 0 bridgehead atoms. The molecule has 26 heavy (non-hydrogen) atoms. The molecule has 0 aromatic heterocycles. The predicted molar refractivity (Wildman–Crippen MR) is 100 cm³/mol. The lowest BCUT2D eigenvalue weighted by Crippen LogP contribution is -2.40. The molecule has 2 aromatic rings. The van der Waals surface area contributed by atoms with Gasteiger partial charge in [0.2, 0.25) is 0 Å². The van der Waals surface area contributed by atoms with Crippen LogP contribution in [-0.2, 0) is 11.3 Å². The van der Waals surface area contributed by atoms with Crippen molar-refractivity contribution in [2.45, 2.75) is 13.5 Å². The summed E-state index contributed by atoms with van der Waals surface area (Å²) in [5, 5.41) is 0.615. The Balaban J connectivity index is 1.78. The Morgan fingerprint density at radius 2 is 1.96 bits per heavy atom. The van der Waals surface area contributed by atoms with Crippen molar-refractivity contribution in [2.24, 2.45) is 0 Å². The molecular formula is C20H22ClNO4. The van der Waals surface area contributed by atoms with Crippen molar-refractivity contribution in [3.63, 3.8) is 0 Å². The van der Waals surface area contributed by atoms with Crippen molar-refractivity contribution in [1.82, 2.24) is 4.90 Å². The van der Waals surface area contributed by atoms with Gasteiger partial charge in [-0.25, -0.2) is 0 Å². The first-order chi connectivity index (χ1) is 12.7. The Bertz CT molecular complexity index is 759. The Kier molecular flexibility index (Phi) is 6.36. The van der Waals surface area contributed by atoms with Gasteiger partial charge in [-0.3, -0.25) is 4.79 Å². The van der Waals surface area contributed by atoms with Gasteiger partial charge >= 0.3 is 0 Å². The summed E-state index contributed by atoms with van der Waals surface area (Å²) in [6, 6.07) is 12.7. The van der Waals surface area contributed by atoms with Gasteiger partial charge < -0.3 is 19.1 Å². The molecule has 6 heteroatoms. The minimum atomic E-state index is 0.000328. The van der Waals surface area contributed by atoms with Crippen LogP contribution in [0.1, 0.15) is 22.8 Å². The van der Waals surface area contributed by atoms with Gasteiger partial charge in [-0.2, -0.15) is 0 Å². The van der Waals surface area contributed by atoms with E-state index in [2.05, 4.69) is 0 Å². The average Bonchev–Trinajstić information content (AvgIpc) is 2.67. The van der Waals surface area contributed by atoms with E-state index in [9.17, 15) is 4.79 Å². The molecule has 5 nitrogen and oxygen atoms in total. The highest BCUT2D eigenvalue weighted by Gasteiger charge is 2.20. The summed E-state index contributed by atoms with van der Waals surface area (Å²) in [6.07, 6.45) is 0. The molecule has 1 fully saturated rings. The molecule has 1 amide bonds. The first kappa shape index (κ1) is 18.5. The molecule has 3 rings (SSSR count). The van der Waals surface area contributed by atoms with Gasteiger partial charge in [0.1, 0.15) is 18.1 Å². The molecule has 0 unspecified atom stereocenters. The van der Waals surface area contributed by atoms with Crippen LogP contribution < -0.4 is 9.47 Å². The van der Waals surface area contributed by atoms with Crippen LogP contribution in [0.4, 0.5) is 0 Å². The Labute approximate surface area is 158 Å². The zero-order chi connectivity index (χ0) is 18.4. The van der Waals surface area contributed by atoms with Crippen LogP contribution in [0, 0.1) is 0 Å². The summed E-state index contributed by atoms with van der Waals surface area (Å²) >= 11 is 6.00. The number of benzene rings is 2. The van der Waals surface area contributed by atoms with Gasteiger partial charge in [-0.05, 0) is 43.3 Å². The van der Waals surface area contributed by atoms with E-state index in [1.54, 1.807) is 23.1 Å². The van der Waals surface area contributed by atoms with Crippen molar-refractivity contribution < 1.29 is 19.0 Å².